The molecule has 23 heavy (non-hydrogen) atoms. The summed E-state index contributed by atoms with van der Waals surface area (Å²) >= 11 is 3.40. The summed E-state index contributed by atoms with van der Waals surface area (Å²) in [5.41, 5.74) is 0.519. The topological polar surface area (TPSA) is 81.7 Å². The van der Waals surface area contributed by atoms with E-state index in [9.17, 15) is 14.4 Å². The van der Waals surface area contributed by atoms with Crippen LogP contribution in [-0.2, 0) is 23.9 Å². The molecule has 1 amide bonds. The molecule has 1 aliphatic rings. The van der Waals surface area contributed by atoms with Gasteiger partial charge in [0.25, 0.3) is 5.91 Å². The molecule has 0 heterocycles. The monoisotopic (exact) mass is 387 g/mol. The van der Waals surface area contributed by atoms with E-state index in [2.05, 4.69) is 30.7 Å². The first-order chi connectivity index (χ1) is 10.9. The Balaban J connectivity index is 0.000000688. The molecule has 0 atom stereocenters. The third kappa shape index (κ3) is 10.5. The van der Waals surface area contributed by atoms with Gasteiger partial charge in [-0.1, -0.05) is 41.1 Å². The second-order valence-corrected chi connectivity index (χ2v) is 5.38. The van der Waals surface area contributed by atoms with Crippen molar-refractivity contribution in [2.24, 2.45) is 0 Å². The zero-order valence-corrected chi connectivity index (χ0v) is 15.1. The summed E-state index contributed by atoms with van der Waals surface area (Å²) in [4.78, 5) is 32.5. The summed E-state index contributed by atoms with van der Waals surface area (Å²) in [6.07, 6.45) is 9.50. The van der Waals surface area contributed by atoms with E-state index >= 15 is 0 Å². The minimum atomic E-state index is -0.467. The van der Waals surface area contributed by atoms with E-state index in [1.54, 1.807) is 19.1 Å². The van der Waals surface area contributed by atoms with E-state index in [-0.39, 0.29) is 18.4 Å². The van der Waals surface area contributed by atoms with Gasteiger partial charge in [0.05, 0.1) is 14.2 Å². The number of nitrogens with one attached hydrogen (secondary N) is 1. The van der Waals surface area contributed by atoms with Gasteiger partial charge in [0.2, 0.25) is 0 Å². The SMILES string of the molecule is CCC(=O)OC.COC(=O)CNC(=O)C1=C/C=C(/Br)CC/C=C\1. The molecule has 0 radical (unpaired) electrons. The lowest BCUT2D eigenvalue weighted by atomic mass is 10.1. The first-order valence-electron chi connectivity index (χ1n) is 7.09. The van der Waals surface area contributed by atoms with Crippen LogP contribution in [0.2, 0.25) is 0 Å². The van der Waals surface area contributed by atoms with Crippen LogP contribution in [0.5, 0.6) is 0 Å². The number of amides is 1. The maximum atomic E-state index is 11.7. The third-order valence-electron chi connectivity index (χ3n) is 2.69. The van der Waals surface area contributed by atoms with Crippen LogP contribution >= 0.6 is 15.9 Å². The quantitative estimate of drug-likeness (QED) is 0.748. The largest absolute Gasteiger partial charge is 0.469 e. The smallest absolute Gasteiger partial charge is 0.325 e. The summed E-state index contributed by atoms with van der Waals surface area (Å²) in [6.45, 7) is 1.64. The van der Waals surface area contributed by atoms with Crippen LogP contribution in [0, 0.1) is 0 Å². The van der Waals surface area contributed by atoms with Crippen LogP contribution < -0.4 is 5.32 Å². The van der Waals surface area contributed by atoms with Gasteiger partial charge in [-0.3, -0.25) is 14.4 Å². The normalized spacial score (nSPS) is 19.1. The molecule has 1 rings (SSSR count). The third-order valence-corrected chi connectivity index (χ3v) is 3.35. The Labute approximate surface area is 144 Å². The number of rotatable bonds is 4. The number of hydrogen-bond acceptors (Lipinski definition) is 5. The number of allylic oxidation sites excluding steroid dienone is 4. The molecule has 6 nitrogen and oxygen atoms in total. The molecule has 1 aliphatic carbocycles. The molecule has 0 aromatic rings. The molecular formula is C16H22BrNO5. The van der Waals surface area contributed by atoms with Crippen molar-refractivity contribution in [3.05, 3.63) is 34.4 Å². The lowest BCUT2D eigenvalue weighted by Crippen LogP contribution is -2.30. The molecule has 1 N–H and O–H groups in total. The van der Waals surface area contributed by atoms with Crippen molar-refractivity contribution in [1.82, 2.24) is 5.32 Å². The van der Waals surface area contributed by atoms with E-state index in [1.165, 1.54) is 14.2 Å². The van der Waals surface area contributed by atoms with Gasteiger partial charge >= 0.3 is 11.9 Å². The zero-order chi connectivity index (χ0) is 17.7. The van der Waals surface area contributed by atoms with Crippen molar-refractivity contribution in [2.45, 2.75) is 26.2 Å². The molecule has 0 spiro atoms. The van der Waals surface area contributed by atoms with E-state index in [0.29, 0.717) is 12.0 Å². The number of halogens is 1. The van der Waals surface area contributed by atoms with Crippen LogP contribution in [0.1, 0.15) is 26.2 Å². The maximum absolute atomic E-state index is 11.7. The fourth-order valence-corrected chi connectivity index (χ4v) is 1.73. The van der Waals surface area contributed by atoms with Gasteiger partial charge in [-0.15, -0.1) is 0 Å². The van der Waals surface area contributed by atoms with E-state index in [1.807, 2.05) is 12.2 Å². The lowest BCUT2D eigenvalue weighted by molar-refractivity contribution is -0.141. The van der Waals surface area contributed by atoms with Crippen LogP contribution in [0.15, 0.2) is 34.4 Å². The second kappa shape index (κ2) is 12.6. The number of hydrogen-bond donors (Lipinski definition) is 1. The Hall–Kier alpha value is -1.89. The highest BCUT2D eigenvalue weighted by atomic mass is 79.9. The fraction of sp³-hybridized carbons (Fsp3) is 0.438. The Morgan fingerprint density at radius 2 is 1.83 bits per heavy atom. The highest BCUT2D eigenvalue weighted by Crippen LogP contribution is 2.16. The number of esters is 2. The van der Waals surface area contributed by atoms with E-state index < -0.39 is 5.97 Å². The summed E-state index contributed by atoms with van der Waals surface area (Å²) in [5, 5.41) is 2.49. The van der Waals surface area contributed by atoms with E-state index in [4.69, 9.17) is 0 Å². The van der Waals surface area contributed by atoms with Gasteiger partial charge in [-0.05, 0) is 23.4 Å². The Morgan fingerprint density at radius 3 is 2.35 bits per heavy atom. The lowest BCUT2D eigenvalue weighted by Gasteiger charge is -2.06. The predicted molar refractivity (Wildman–Crippen MR) is 90.8 cm³/mol. The molecular weight excluding hydrogens is 366 g/mol. The molecule has 0 unspecified atom stereocenters. The van der Waals surface area contributed by atoms with Gasteiger partial charge in [0.15, 0.2) is 0 Å². The molecule has 7 heteroatoms. The standard InChI is InChI=1S/C12H14BrNO3.C4H8O2/c1-17-11(15)8-14-12(16)9-4-2-3-5-10(13)7-6-9;1-3-4(5)6-2/h2,4,6-7H,3,5,8H2,1H3,(H,14,16);3H2,1-2H3/b4-2-,9-6+,10-7+;. The molecule has 0 aliphatic heterocycles. The van der Waals surface area contributed by atoms with Crippen LogP contribution in [0.25, 0.3) is 0 Å². The molecule has 0 aromatic heterocycles. The summed E-state index contributed by atoms with van der Waals surface area (Å²) in [7, 11) is 2.66. The Morgan fingerprint density at radius 1 is 1.17 bits per heavy atom. The van der Waals surface area contributed by atoms with Crippen LogP contribution in [0.4, 0.5) is 0 Å². The minimum absolute atomic E-state index is 0.120. The van der Waals surface area contributed by atoms with Gasteiger partial charge in [0, 0.05) is 12.0 Å². The zero-order valence-electron chi connectivity index (χ0n) is 13.6. The van der Waals surface area contributed by atoms with Gasteiger partial charge < -0.3 is 14.8 Å². The molecule has 0 aromatic carbocycles. The average Bonchev–Trinajstić information content (AvgIpc) is 2.55. The van der Waals surface area contributed by atoms with E-state index in [0.717, 1.165) is 17.3 Å². The Bertz CT molecular complexity index is 503. The molecule has 0 fully saturated rings. The number of carbonyl (C=O) groups is 3. The van der Waals surface area contributed by atoms with Crippen molar-refractivity contribution in [2.75, 3.05) is 20.8 Å². The second-order valence-electron chi connectivity index (χ2n) is 4.37. The van der Waals surface area contributed by atoms with Crippen molar-refractivity contribution < 1.29 is 23.9 Å². The van der Waals surface area contributed by atoms with Crippen molar-refractivity contribution in [3.8, 4) is 0 Å². The average molecular weight is 388 g/mol. The van der Waals surface area contributed by atoms with Crippen LogP contribution in [0.3, 0.4) is 0 Å². The Kier molecular flexibility index (Phi) is 11.6. The van der Waals surface area contributed by atoms with Crippen molar-refractivity contribution in [3.63, 3.8) is 0 Å². The first kappa shape index (κ1) is 21.1. The van der Waals surface area contributed by atoms with Crippen molar-refractivity contribution >= 4 is 33.8 Å². The minimum Gasteiger partial charge on any atom is -0.469 e. The molecule has 0 saturated carbocycles. The van der Waals surface area contributed by atoms with Crippen LogP contribution in [-0.4, -0.2) is 38.6 Å². The van der Waals surface area contributed by atoms with Gasteiger partial charge in [-0.2, -0.15) is 0 Å². The van der Waals surface area contributed by atoms with Gasteiger partial charge in [-0.25, -0.2) is 0 Å². The molecule has 0 saturated heterocycles. The summed E-state index contributed by atoms with van der Waals surface area (Å²) in [6, 6.07) is 0. The van der Waals surface area contributed by atoms with Gasteiger partial charge in [0.1, 0.15) is 6.54 Å². The molecule has 128 valence electrons. The fourth-order valence-electron chi connectivity index (χ4n) is 1.37. The van der Waals surface area contributed by atoms with Crippen molar-refractivity contribution in [1.29, 1.82) is 0 Å². The number of ether oxygens (including phenoxy) is 2. The number of methoxy groups -OCH3 is 2. The predicted octanol–water partition coefficient (Wildman–Crippen LogP) is 2.40. The highest BCUT2D eigenvalue weighted by Gasteiger charge is 2.09. The number of carbonyl (C=O) groups excluding carboxylic acids is 3. The summed E-state index contributed by atoms with van der Waals surface area (Å²) in [5.74, 6) is -0.911. The first-order valence-corrected chi connectivity index (χ1v) is 7.88. The maximum Gasteiger partial charge on any atom is 0.325 e. The highest BCUT2D eigenvalue weighted by molar-refractivity contribution is 9.11. The summed E-state index contributed by atoms with van der Waals surface area (Å²) < 4.78 is 9.74. The molecule has 0 bridgehead atoms.